The van der Waals surface area contributed by atoms with E-state index in [1.807, 2.05) is 12.1 Å². The molecule has 3 rings (SSSR count). The van der Waals surface area contributed by atoms with Gasteiger partial charge in [0.05, 0.1) is 28.6 Å². The van der Waals surface area contributed by atoms with E-state index in [9.17, 15) is 0 Å². The SMILES string of the molecule is CC(C)c1nc(CN2CCc3cccc(N)c32)cs1. The molecule has 0 aliphatic carbocycles. The average molecular weight is 273 g/mol. The van der Waals surface area contributed by atoms with E-state index in [0.717, 1.165) is 30.9 Å². The Balaban J connectivity index is 1.82. The molecule has 0 saturated carbocycles. The largest absolute Gasteiger partial charge is 0.397 e. The number of hydrogen-bond donors (Lipinski definition) is 1. The van der Waals surface area contributed by atoms with E-state index < -0.39 is 0 Å². The zero-order chi connectivity index (χ0) is 13.4. The lowest BCUT2D eigenvalue weighted by molar-refractivity contribution is 0.796. The van der Waals surface area contributed by atoms with Gasteiger partial charge in [-0.3, -0.25) is 0 Å². The fourth-order valence-corrected chi connectivity index (χ4v) is 3.41. The Bertz CT molecular complexity index is 589. The number of aromatic nitrogens is 1. The van der Waals surface area contributed by atoms with Crippen LogP contribution in [0.15, 0.2) is 23.6 Å². The summed E-state index contributed by atoms with van der Waals surface area (Å²) in [6.07, 6.45) is 1.08. The molecule has 1 aromatic heterocycles. The first kappa shape index (κ1) is 12.5. The van der Waals surface area contributed by atoms with Gasteiger partial charge in [-0.05, 0) is 18.1 Å². The predicted octanol–water partition coefficient (Wildman–Crippen LogP) is 3.41. The third-order valence-electron chi connectivity index (χ3n) is 3.53. The van der Waals surface area contributed by atoms with Crippen LogP contribution < -0.4 is 10.6 Å². The highest BCUT2D eigenvalue weighted by atomic mass is 32.1. The van der Waals surface area contributed by atoms with Gasteiger partial charge < -0.3 is 10.6 Å². The van der Waals surface area contributed by atoms with Gasteiger partial charge in [0.25, 0.3) is 0 Å². The smallest absolute Gasteiger partial charge is 0.0954 e. The standard InChI is InChI=1S/C15H19N3S/c1-10(2)15-17-12(9-19-15)8-18-7-6-11-4-3-5-13(16)14(11)18/h3-5,9-10H,6-8,16H2,1-2H3. The molecular weight excluding hydrogens is 254 g/mol. The minimum atomic E-state index is 0.509. The van der Waals surface area contributed by atoms with Gasteiger partial charge in [0.2, 0.25) is 0 Å². The van der Waals surface area contributed by atoms with Crippen molar-refractivity contribution in [3.63, 3.8) is 0 Å². The van der Waals surface area contributed by atoms with Crippen LogP contribution in [0.1, 0.15) is 36.0 Å². The highest BCUT2D eigenvalue weighted by molar-refractivity contribution is 7.09. The quantitative estimate of drug-likeness (QED) is 0.871. The van der Waals surface area contributed by atoms with Crippen LogP contribution in [0, 0.1) is 0 Å². The molecule has 1 aliphatic rings. The number of nitrogens with zero attached hydrogens (tertiary/aromatic N) is 2. The monoisotopic (exact) mass is 273 g/mol. The van der Waals surface area contributed by atoms with Crippen LogP contribution >= 0.6 is 11.3 Å². The van der Waals surface area contributed by atoms with Crippen molar-refractivity contribution in [2.75, 3.05) is 17.2 Å². The molecule has 0 spiro atoms. The van der Waals surface area contributed by atoms with Crippen LogP contribution in [0.25, 0.3) is 0 Å². The Kier molecular flexibility index (Phi) is 3.19. The fraction of sp³-hybridized carbons (Fsp3) is 0.400. The van der Waals surface area contributed by atoms with E-state index in [0.29, 0.717) is 5.92 Å². The van der Waals surface area contributed by atoms with E-state index >= 15 is 0 Å². The summed E-state index contributed by atoms with van der Waals surface area (Å²) >= 11 is 1.76. The van der Waals surface area contributed by atoms with Gasteiger partial charge in [-0.2, -0.15) is 0 Å². The number of anilines is 2. The Labute approximate surface area is 118 Å². The molecule has 3 nitrogen and oxygen atoms in total. The lowest BCUT2D eigenvalue weighted by Crippen LogP contribution is -2.20. The molecule has 1 aliphatic heterocycles. The summed E-state index contributed by atoms with van der Waals surface area (Å²) < 4.78 is 0. The average Bonchev–Trinajstić information content (AvgIpc) is 2.98. The molecule has 4 heteroatoms. The maximum atomic E-state index is 6.11. The third kappa shape index (κ3) is 2.32. The van der Waals surface area contributed by atoms with Crippen LogP contribution in [0.5, 0.6) is 0 Å². The summed E-state index contributed by atoms with van der Waals surface area (Å²) in [7, 11) is 0. The zero-order valence-corrected chi connectivity index (χ0v) is 12.2. The van der Waals surface area contributed by atoms with Gasteiger partial charge in [-0.15, -0.1) is 11.3 Å². The number of benzene rings is 1. The maximum Gasteiger partial charge on any atom is 0.0954 e. The first-order chi connectivity index (χ1) is 9.15. The van der Waals surface area contributed by atoms with Gasteiger partial charge in [0.15, 0.2) is 0 Å². The third-order valence-corrected chi connectivity index (χ3v) is 4.73. The second-order valence-electron chi connectivity index (χ2n) is 5.36. The lowest BCUT2D eigenvalue weighted by Gasteiger charge is -2.19. The van der Waals surface area contributed by atoms with Gasteiger partial charge in [-0.1, -0.05) is 26.0 Å². The molecule has 0 bridgehead atoms. The Morgan fingerprint density at radius 2 is 2.26 bits per heavy atom. The summed E-state index contributed by atoms with van der Waals surface area (Å²) in [5, 5.41) is 3.39. The second-order valence-corrected chi connectivity index (χ2v) is 6.25. The number of thiazole rings is 1. The highest BCUT2D eigenvalue weighted by Crippen LogP contribution is 2.34. The van der Waals surface area contributed by atoms with Crippen molar-refractivity contribution in [1.82, 2.24) is 4.98 Å². The molecule has 0 atom stereocenters. The molecular formula is C15H19N3S. The molecule has 2 heterocycles. The van der Waals surface area contributed by atoms with Gasteiger partial charge in [0, 0.05) is 17.8 Å². The Morgan fingerprint density at radius 3 is 3.00 bits per heavy atom. The predicted molar refractivity (Wildman–Crippen MR) is 81.8 cm³/mol. The molecule has 0 saturated heterocycles. The highest BCUT2D eigenvalue weighted by Gasteiger charge is 2.22. The minimum Gasteiger partial charge on any atom is -0.397 e. The van der Waals surface area contributed by atoms with Crippen molar-refractivity contribution in [3.8, 4) is 0 Å². The fourth-order valence-electron chi connectivity index (χ4n) is 2.58. The Morgan fingerprint density at radius 1 is 1.42 bits per heavy atom. The van der Waals surface area contributed by atoms with Gasteiger partial charge in [0.1, 0.15) is 0 Å². The molecule has 0 unspecified atom stereocenters. The molecule has 0 radical (unpaired) electrons. The van der Waals surface area contributed by atoms with Crippen molar-refractivity contribution in [2.45, 2.75) is 32.7 Å². The van der Waals surface area contributed by atoms with Crippen LogP contribution in [0.4, 0.5) is 11.4 Å². The molecule has 1 aromatic carbocycles. The first-order valence-corrected chi connectivity index (χ1v) is 7.59. The van der Waals surface area contributed by atoms with E-state index in [1.165, 1.54) is 16.3 Å². The number of hydrogen-bond acceptors (Lipinski definition) is 4. The first-order valence-electron chi connectivity index (χ1n) is 6.71. The molecule has 2 aromatic rings. The van der Waals surface area contributed by atoms with Gasteiger partial charge in [-0.25, -0.2) is 4.98 Å². The minimum absolute atomic E-state index is 0.509. The Hall–Kier alpha value is -1.55. The normalized spacial score (nSPS) is 14.2. The number of rotatable bonds is 3. The summed E-state index contributed by atoms with van der Waals surface area (Å²) in [4.78, 5) is 7.06. The molecule has 0 fully saturated rings. The summed E-state index contributed by atoms with van der Waals surface area (Å²) in [6, 6.07) is 6.20. The maximum absolute atomic E-state index is 6.11. The van der Waals surface area contributed by atoms with Crippen LogP contribution in [-0.2, 0) is 13.0 Å². The van der Waals surface area contributed by atoms with Crippen LogP contribution in [0.2, 0.25) is 0 Å². The summed E-state index contributed by atoms with van der Waals surface area (Å²) in [6.45, 7) is 6.28. The van der Waals surface area contributed by atoms with Crippen molar-refractivity contribution < 1.29 is 0 Å². The topological polar surface area (TPSA) is 42.2 Å². The lowest BCUT2D eigenvalue weighted by atomic mass is 10.1. The molecule has 0 amide bonds. The van der Waals surface area contributed by atoms with Crippen LogP contribution in [0.3, 0.4) is 0 Å². The van der Waals surface area contributed by atoms with Crippen molar-refractivity contribution in [3.05, 3.63) is 39.8 Å². The summed E-state index contributed by atoms with van der Waals surface area (Å²) in [5.41, 5.74) is 10.7. The van der Waals surface area contributed by atoms with Gasteiger partial charge >= 0.3 is 0 Å². The molecule has 2 N–H and O–H groups in total. The number of fused-ring (bicyclic) bond motifs is 1. The molecule has 19 heavy (non-hydrogen) atoms. The van der Waals surface area contributed by atoms with E-state index in [2.05, 4.69) is 30.2 Å². The summed E-state index contributed by atoms with van der Waals surface area (Å²) in [5.74, 6) is 0.509. The van der Waals surface area contributed by atoms with Crippen molar-refractivity contribution >= 4 is 22.7 Å². The second kappa shape index (κ2) is 4.85. The van der Waals surface area contributed by atoms with Crippen molar-refractivity contribution in [2.24, 2.45) is 0 Å². The van der Waals surface area contributed by atoms with Crippen molar-refractivity contribution in [1.29, 1.82) is 0 Å². The molecule has 100 valence electrons. The van der Waals surface area contributed by atoms with E-state index in [-0.39, 0.29) is 0 Å². The van der Waals surface area contributed by atoms with E-state index in [1.54, 1.807) is 11.3 Å². The van der Waals surface area contributed by atoms with E-state index in [4.69, 9.17) is 10.7 Å². The number of nitrogen functional groups attached to an aromatic ring is 1. The number of nitrogens with two attached hydrogens (primary N) is 1. The number of para-hydroxylation sites is 1. The van der Waals surface area contributed by atoms with Crippen LogP contribution in [-0.4, -0.2) is 11.5 Å². The zero-order valence-electron chi connectivity index (χ0n) is 11.4.